The predicted octanol–water partition coefficient (Wildman–Crippen LogP) is 24.4. The summed E-state index contributed by atoms with van der Waals surface area (Å²) in [6, 6.07) is 0. The monoisotopic (exact) mass is 1270 g/mol. The topological polar surface area (TPSA) is 108 Å². The molecule has 0 aliphatic carbocycles. The highest BCUT2D eigenvalue weighted by atomic mass is 16.7. The molecule has 0 aliphatic rings. The van der Waals surface area contributed by atoms with Crippen molar-refractivity contribution in [3.05, 3.63) is 97.2 Å². The molecule has 526 valence electrons. The first kappa shape index (κ1) is 87.2. The second kappa shape index (κ2) is 72.0. The Morgan fingerprint density at radius 2 is 0.626 bits per heavy atom. The van der Waals surface area contributed by atoms with Gasteiger partial charge in [0.1, 0.15) is 13.2 Å². The van der Waals surface area contributed by atoms with Gasteiger partial charge in [-0.05, 0) is 96.3 Å². The number of carbonyl (C=O) groups excluding carboxylic acids is 2. The van der Waals surface area contributed by atoms with Gasteiger partial charge < -0.3 is 28.5 Å². The fourth-order valence-electron chi connectivity index (χ4n) is 11.0. The summed E-state index contributed by atoms with van der Waals surface area (Å²) < 4.78 is 23.0. The van der Waals surface area contributed by atoms with Crippen molar-refractivity contribution in [2.45, 2.75) is 360 Å². The van der Waals surface area contributed by atoms with Crippen LogP contribution in [0.5, 0.6) is 0 Å². The molecule has 0 saturated carbocycles. The molecule has 9 nitrogen and oxygen atoms in total. The highest BCUT2D eigenvalue weighted by Crippen LogP contribution is 2.18. The lowest BCUT2D eigenvalue weighted by atomic mass is 10.0. The minimum atomic E-state index is -1.51. The Hall–Kier alpha value is -3.79. The molecule has 0 aromatic rings. The number of carboxylic acids is 1. The van der Waals surface area contributed by atoms with E-state index in [1.54, 1.807) is 0 Å². The summed E-state index contributed by atoms with van der Waals surface area (Å²) in [6.07, 6.45) is 96.9. The van der Waals surface area contributed by atoms with Gasteiger partial charge in [0.2, 0.25) is 0 Å². The first-order valence-electron chi connectivity index (χ1n) is 38.4. The van der Waals surface area contributed by atoms with Gasteiger partial charge in [-0.15, -0.1) is 0 Å². The molecule has 1 N–H and O–H groups in total. The van der Waals surface area contributed by atoms with Crippen molar-refractivity contribution in [2.75, 3.05) is 47.5 Å². The van der Waals surface area contributed by atoms with E-state index in [1.165, 1.54) is 238 Å². The molecule has 0 heterocycles. The van der Waals surface area contributed by atoms with Crippen LogP contribution in [0.2, 0.25) is 0 Å². The minimum absolute atomic E-state index is 0.183. The fourth-order valence-corrected chi connectivity index (χ4v) is 11.0. The lowest BCUT2D eigenvalue weighted by Crippen LogP contribution is -2.40. The zero-order valence-electron chi connectivity index (χ0n) is 60.2. The Kier molecular flexibility index (Phi) is 69.0. The largest absolute Gasteiger partial charge is 0.477 e. The Morgan fingerprint density at radius 3 is 0.934 bits per heavy atom. The number of allylic oxidation sites excluding steroid dienone is 16. The van der Waals surface area contributed by atoms with Crippen molar-refractivity contribution in [1.29, 1.82) is 0 Å². The van der Waals surface area contributed by atoms with Crippen molar-refractivity contribution < 1.29 is 42.9 Å². The molecule has 0 aliphatic heterocycles. The van der Waals surface area contributed by atoms with Crippen molar-refractivity contribution in [1.82, 2.24) is 0 Å². The third-order valence-electron chi connectivity index (χ3n) is 16.8. The van der Waals surface area contributed by atoms with Crippen LogP contribution in [-0.2, 0) is 33.3 Å². The highest BCUT2D eigenvalue weighted by molar-refractivity contribution is 5.71. The number of carboxylic acid groups (broad SMARTS) is 1. The van der Waals surface area contributed by atoms with Crippen molar-refractivity contribution >= 4 is 17.9 Å². The van der Waals surface area contributed by atoms with Gasteiger partial charge in [-0.25, -0.2) is 4.79 Å². The number of hydrogen-bond donors (Lipinski definition) is 1. The summed E-state index contributed by atoms with van der Waals surface area (Å²) in [5.74, 6) is -1.99. The maximum absolute atomic E-state index is 13.0. The third kappa shape index (κ3) is 73.5. The van der Waals surface area contributed by atoms with Gasteiger partial charge in [-0.1, -0.05) is 336 Å². The number of esters is 2. The van der Waals surface area contributed by atoms with E-state index in [4.69, 9.17) is 18.9 Å². The zero-order valence-corrected chi connectivity index (χ0v) is 60.2. The maximum atomic E-state index is 13.0. The SMILES string of the molecule is CC/C=C\C/C=C\C/C=C\C/C=C\C/C=C\CCCCCCCCCCCCCCCCCCCCCCCCCCCC(=O)OC(COC(=O)CCCCCCCCCCCC/C=C\C/C=C\C/C=C\CCCCCCC)COC(OCC[N+](C)(C)C)C(=O)O. The zero-order chi connectivity index (χ0) is 66.1. The van der Waals surface area contributed by atoms with Gasteiger partial charge in [0.05, 0.1) is 34.4 Å². The lowest BCUT2D eigenvalue weighted by Gasteiger charge is -2.25. The number of carbonyl (C=O) groups is 3. The molecule has 91 heavy (non-hydrogen) atoms. The molecule has 0 aromatic carbocycles. The van der Waals surface area contributed by atoms with Crippen molar-refractivity contribution in [3.63, 3.8) is 0 Å². The molecule has 0 radical (unpaired) electrons. The molecule has 9 heteroatoms. The molecule has 2 atom stereocenters. The van der Waals surface area contributed by atoms with Crippen LogP contribution < -0.4 is 0 Å². The minimum Gasteiger partial charge on any atom is -0.477 e. The quantitative estimate of drug-likeness (QED) is 0.0211. The summed E-state index contributed by atoms with van der Waals surface area (Å²) in [5, 5.41) is 9.76. The number of rotatable bonds is 71. The van der Waals surface area contributed by atoms with Crippen molar-refractivity contribution in [3.8, 4) is 0 Å². The standard InChI is InChI=1S/C82H145NO8/c1-6-8-10-12-14-16-18-20-22-24-26-28-30-32-33-34-35-36-37-38-39-40-41-42-43-44-45-46-47-49-51-53-55-57-59-61-63-65-67-69-71-73-80(85)91-78(77-90-82(81(86)87)88-75-74-83(3,4)5)76-89-79(84)72-70-68-66-64-62-60-58-56-54-52-50-48-31-29-27-25-23-21-19-17-15-13-11-9-7-2/h8,10,14,16,19-22,25-28,31-33,48,78,82H,6-7,9,11-13,15,17-18,23-24,29-30,34-47,49-77H2,1-5H3/p+1/b10-8-,16-14-,21-19-,22-20-,27-25-,28-26-,33-32-,48-31-. The van der Waals surface area contributed by atoms with Crippen molar-refractivity contribution in [2.24, 2.45) is 0 Å². The van der Waals surface area contributed by atoms with E-state index in [-0.39, 0.29) is 32.2 Å². The number of ether oxygens (including phenoxy) is 4. The van der Waals surface area contributed by atoms with Crippen LogP contribution in [0, 0.1) is 0 Å². The lowest BCUT2D eigenvalue weighted by molar-refractivity contribution is -0.870. The Bertz CT molecular complexity index is 1820. The Balaban J connectivity index is 3.99. The number of quaternary nitrogens is 1. The molecule has 0 amide bonds. The van der Waals surface area contributed by atoms with Crippen LogP contribution in [0.25, 0.3) is 0 Å². The predicted molar refractivity (Wildman–Crippen MR) is 392 cm³/mol. The average molecular weight is 1270 g/mol. The highest BCUT2D eigenvalue weighted by Gasteiger charge is 2.25. The first-order valence-corrected chi connectivity index (χ1v) is 38.4. The Labute approximate surface area is 562 Å². The summed E-state index contributed by atoms with van der Waals surface area (Å²) in [7, 11) is 5.99. The summed E-state index contributed by atoms with van der Waals surface area (Å²) in [6.45, 7) is 4.79. The van der Waals surface area contributed by atoms with Gasteiger partial charge in [-0.2, -0.15) is 0 Å². The van der Waals surface area contributed by atoms with E-state index in [0.717, 1.165) is 83.5 Å². The van der Waals surface area contributed by atoms with Gasteiger partial charge in [0.15, 0.2) is 6.10 Å². The van der Waals surface area contributed by atoms with E-state index in [1.807, 2.05) is 21.1 Å². The second-order valence-corrected chi connectivity index (χ2v) is 26.9. The number of aliphatic carboxylic acids is 1. The fraction of sp³-hybridized carbons (Fsp3) is 0.768. The van der Waals surface area contributed by atoms with Gasteiger partial charge >= 0.3 is 17.9 Å². The molecule has 0 saturated heterocycles. The number of unbranched alkanes of at least 4 members (excludes halogenated alkanes) is 40. The maximum Gasteiger partial charge on any atom is 0.361 e. The second-order valence-electron chi connectivity index (χ2n) is 26.9. The number of likely N-dealkylation sites (N-methyl/N-ethyl adjacent to an activating group) is 1. The van der Waals surface area contributed by atoms with Crippen LogP contribution in [0.3, 0.4) is 0 Å². The van der Waals surface area contributed by atoms with Gasteiger partial charge in [-0.3, -0.25) is 9.59 Å². The van der Waals surface area contributed by atoms with Crippen LogP contribution in [0.1, 0.15) is 348 Å². The summed E-state index contributed by atoms with van der Waals surface area (Å²) in [4.78, 5) is 37.7. The van der Waals surface area contributed by atoms with Gasteiger partial charge in [0, 0.05) is 12.8 Å². The molecule has 0 aromatic heterocycles. The normalized spacial score (nSPS) is 13.2. The first-order chi connectivity index (χ1) is 44.6. The third-order valence-corrected chi connectivity index (χ3v) is 16.8. The van der Waals surface area contributed by atoms with E-state index in [2.05, 4.69) is 111 Å². The van der Waals surface area contributed by atoms with E-state index < -0.39 is 24.3 Å². The molecule has 2 unspecified atom stereocenters. The Morgan fingerprint density at radius 1 is 0.341 bits per heavy atom. The van der Waals surface area contributed by atoms with Crippen LogP contribution in [0.4, 0.5) is 0 Å². The van der Waals surface area contributed by atoms with Crippen LogP contribution >= 0.6 is 0 Å². The number of hydrogen-bond acceptors (Lipinski definition) is 7. The molecule has 0 rings (SSSR count). The molecule has 0 spiro atoms. The summed E-state index contributed by atoms with van der Waals surface area (Å²) in [5.41, 5.74) is 0. The molecule has 0 bridgehead atoms. The van der Waals surface area contributed by atoms with Crippen LogP contribution in [-0.4, -0.2) is 87.4 Å². The van der Waals surface area contributed by atoms with Gasteiger partial charge in [0.25, 0.3) is 6.29 Å². The van der Waals surface area contributed by atoms with Crippen LogP contribution in [0.15, 0.2) is 97.2 Å². The smallest absolute Gasteiger partial charge is 0.361 e. The average Bonchev–Trinajstić information content (AvgIpc) is 3.53. The molecule has 0 fully saturated rings. The molecular weight excluding hydrogens is 1130 g/mol. The molecular formula is C82H146NO8+. The summed E-state index contributed by atoms with van der Waals surface area (Å²) >= 11 is 0. The van der Waals surface area contributed by atoms with E-state index in [9.17, 15) is 19.5 Å². The van der Waals surface area contributed by atoms with E-state index >= 15 is 0 Å². The number of nitrogens with zero attached hydrogens (tertiary/aromatic N) is 1. The van der Waals surface area contributed by atoms with E-state index in [0.29, 0.717) is 17.4 Å².